The largest absolute Gasteiger partial charge is 0.416 e. The van der Waals surface area contributed by atoms with Crippen LogP contribution >= 0.6 is 15.9 Å². The molecule has 1 fully saturated rings. The first-order chi connectivity index (χ1) is 12.8. The number of alkyl halides is 3. The van der Waals surface area contributed by atoms with Gasteiger partial charge in [0.25, 0.3) is 0 Å². The third kappa shape index (κ3) is 3.93. The summed E-state index contributed by atoms with van der Waals surface area (Å²) in [6, 6.07) is 10.8. The van der Waals surface area contributed by atoms with Crippen molar-refractivity contribution in [2.75, 3.05) is 5.32 Å². The fourth-order valence-corrected chi connectivity index (χ4v) is 3.39. The summed E-state index contributed by atoms with van der Waals surface area (Å²) in [7, 11) is 0. The smallest absolute Gasteiger partial charge is 0.363 e. The fraction of sp³-hybridized carbons (Fsp3) is 0.300. The second kappa shape index (κ2) is 6.78. The van der Waals surface area contributed by atoms with Crippen LogP contribution in [-0.2, 0) is 6.18 Å². The number of anilines is 1. The number of rotatable bonds is 4. The van der Waals surface area contributed by atoms with Gasteiger partial charge in [0, 0.05) is 21.8 Å². The average Bonchev–Trinajstić information content (AvgIpc) is 3.46. The standard InChI is InChI=1S/C20H17BrF3N3/c1-11(13-3-2-4-14(9-13)20(22,23)24)25-19-16-10-15(21)7-8-17(16)26-18(27-19)12-5-6-12/h2-4,7-12H,5-6H2,1H3,(H,25,26,27). The number of aromatic nitrogens is 2. The molecule has 1 N–H and O–H groups in total. The summed E-state index contributed by atoms with van der Waals surface area (Å²) >= 11 is 3.46. The lowest BCUT2D eigenvalue weighted by atomic mass is 10.0. The molecule has 0 spiro atoms. The van der Waals surface area contributed by atoms with E-state index in [1.54, 1.807) is 6.07 Å². The number of fused-ring (bicyclic) bond motifs is 1. The molecule has 0 bridgehead atoms. The molecule has 1 atom stereocenters. The van der Waals surface area contributed by atoms with Gasteiger partial charge in [0.1, 0.15) is 11.6 Å². The van der Waals surface area contributed by atoms with Crippen molar-refractivity contribution in [3.8, 4) is 0 Å². The van der Waals surface area contributed by atoms with Crippen molar-refractivity contribution in [1.29, 1.82) is 0 Å². The Morgan fingerprint density at radius 3 is 2.59 bits per heavy atom. The highest BCUT2D eigenvalue weighted by molar-refractivity contribution is 9.10. The summed E-state index contributed by atoms with van der Waals surface area (Å²) in [4.78, 5) is 9.32. The van der Waals surface area contributed by atoms with Crippen LogP contribution in [0, 0.1) is 0 Å². The van der Waals surface area contributed by atoms with Crippen LogP contribution < -0.4 is 5.32 Å². The molecule has 0 saturated heterocycles. The molecule has 0 amide bonds. The van der Waals surface area contributed by atoms with E-state index in [-0.39, 0.29) is 6.04 Å². The molecule has 27 heavy (non-hydrogen) atoms. The van der Waals surface area contributed by atoms with Crippen LogP contribution in [0.3, 0.4) is 0 Å². The van der Waals surface area contributed by atoms with E-state index in [0.717, 1.165) is 40.1 Å². The molecule has 140 valence electrons. The van der Waals surface area contributed by atoms with E-state index in [1.165, 1.54) is 12.1 Å². The van der Waals surface area contributed by atoms with Crippen molar-refractivity contribution in [2.45, 2.75) is 37.9 Å². The van der Waals surface area contributed by atoms with Crippen LogP contribution in [0.15, 0.2) is 46.9 Å². The third-order valence-corrected chi connectivity index (χ3v) is 5.18. The normalized spacial score (nSPS) is 15.7. The molecule has 1 aromatic heterocycles. The van der Waals surface area contributed by atoms with Gasteiger partial charge in [-0.05, 0) is 55.7 Å². The number of hydrogen-bond donors (Lipinski definition) is 1. The summed E-state index contributed by atoms with van der Waals surface area (Å²) in [5, 5.41) is 4.13. The van der Waals surface area contributed by atoms with E-state index >= 15 is 0 Å². The molecule has 0 aliphatic heterocycles. The molecule has 1 heterocycles. The molecule has 1 aliphatic carbocycles. The van der Waals surface area contributed by atoms with Gasteiger partial charge in [-0.15, -0.1) is 0 Å². The predicted molar refractivity (Wildman–Crippen MR) is 103 cm³/mol. The van der Waals surface area contributed by atoms with E-state index < -0.39 is 11.7 Å². The van der Waals surface area contributed by atoms with Crippen LogP contribution in [-0.4, -0.2) is 9.97 Å². The Bertz CT molecular complexity index is 999. The highest BCUT2D eigenvalue weighted by Crippen LogP contribution is 2.40. The van der Waals surface area contributed by atoms with Gasteiger partial charge in [-0.2, -0.15) is 13.2 Å². The summed E-state index contributed by atoms with van der Waals surface area (Å²) in [5.41, 5.74) is 0.732. The fourth-order valence-electron chi connectivity index (χ4n) is 3.03. The molecular formula is C20H17BrF3N3. The third-order valence-electron chi connectivity index (χ3n) is 4.68. The summed E-state index contributed by atoms with van der Waals surface area (Å²) in [6.45, 7) is 1.83. The quantitative estimate of drug-likeness (QED) is 0.510. The lowest BCUT2D eigenvalue weighted by Gasteiger charge is -2.18. The van der Waals surface area contributed by atoms with E-state index in [9.17, 15) is 13.2 Å². The zero-order valence-corrected chi connectivity index (χ0v) is 16.1. The second-order valence-electron chi connectivity index (χ2n) is 6.86. The lowest BCUT2D eigenvalue weighted by Crippen LogP contribution is -2.12. The Kier molecular flexibility index (Phi) is 4.58. The minimum absolute atomic E-state index is 0.337. The lowest BCUT2D eigenvalue weighted by molar-refractivity contribution is -0.137. The van der Waals surface area contributed by atoms with Crippen LogP contribution in [0.2, 0.25) is 0 Å². The van der Waals surface area contributed by atoms with Gasteiger partial charge < -0.3 is 5.32 Å². The first-order valence-electron chi connectivity index (χ1n) is 8.72. The summed E-state index contributed by atoms with van der Waals surface area (Å²) < 4.78 is 39.9. The Morgan fingerprint density at radius 2 is 1.89 bits per heavy atom. The first-order valence-corrected chi connectivity index (χ1v) is 9.51. The Labute approximate surface area is 163 Å². The van der Waals surface area contributed by atoms with Gasteiger partial charge in [-0.1, -0.05) is 28.1 Å². The highest BCUT2D eigenvalue weighted by atomic mass is 79.9. The predicted octanol–water partition coefficient (Wildman–Crippen LogP) is 6.46. The number of nitrogens with one attached hydrogen (secondary N) is 1. The first kappa shape index (κ1) is 18.2. The van der Waals surface area contributed by atoms with Crippen LogP contribution in [0.5, 0.6) is 0 Å². The number of nitrogens with zero attached hydrogens (tertiary/aromatic N) is 2. The zero-order valence-electron chi connectivity index (χ0n) is 14.5. The molecule has 1 aliphatic rings. The number of halogens is 4. The maximum Gasteiger partial charge on any atom is 0.416 e. The maximum absolute atomic E-state index is 13.0. The minimum Gasteiger partial charge on any atom is -0.363 e. The SMILES string of the molecule is CC(Nc1nc(C2CC2)nc2ccc(Br)cc12)c1cccc(C(F)(F)F)c1. The summed E-state index contributed by atoms with van der Waals surface area (Å²) in [6.07, 6.45) is -2.21. The van der Waals surface area contributed by atoms with Crippen molar-refractivity contribution in [3.63, 3.8) is 0 Å². The van der Waals surface area contributed by atoms with Crippen molar-refractivity contribution >= 4 is 32.7 Å². The summed E-state index contributed by atoms with van der Waals surface area (Å²) in [5.74, 6) is 1.82. The van der Waals surface area contributed by atoms with Gasteiger partial charge in [0.2, 0.25) is 0 Å². The van der Waals surface area contributed by atoms with E-state index in [0.29, 0.717) is 17.3 Å². The van der Waals surface area contributed by atoms with Crippen LogP contribution in [0.25, 0.3) is 10.9 Å². The molecule has 4 rings (SSSR count). The molecular weight excluding hydrogens is 419 g/mol. The van der Waals surface area contributed by atoms with E-state index in [1.807, 2.05) is 25.1 Å². The minimum atomic E-state index is -4.36. The van der Waals surface area contributed by atoms with Crippen molar-refractivity contribution in [3.05, 3.63) is 63.9 Å². The average molecular weight is 436 g/mol. The molecule has 2 aromatic carbocycles. The van der Waals surface area contributed by atoms with E-state index in [4.69, 9.17) is 0 Å². The molecule has 3 nitrogen and oxygen atoms in total. The van der Waals surface area contributed by atoms with Crippen molar-refractivity contribution in [2.24, 2.45) is 0 Å². The Hall–Kier alpha value is -2.15. The molecule has 3 aromatic rings. The Balaban J connectivity index is 1.71. The van der Waals surface area contributed by atoms with Crippen LogP contribution in [0.1, 0.15) is 48.7 Å². The van der Waals surface area contributed by atoms with Crippen molar-refractivity contribution in [1.82, 2.24) is 9.97 Å². The topological polar surface area (TPSA) is 37.8 Å². The molecule has 1 unspecified atom stereocenters. The van der Waals surface area contributed by atoms with Gasteiger partial charge >= 0.3 is 6.18 Å². The van der Waals surface area contributed by atoms with Gasteiger partial charge in [-0.25, -0.2) is 9.97 Å². The maximum atomic E-state index is 13.0. The van der Waals surface area contributed by atoms with Gasteiger partial charge in [0.15, 0.2) is 0 Å². The zero-order chi connectivity index (χ0) is 19.2. The molecule has 7 heteroatoms. The van der Waals surface area contributed by atoms with Gasteiger partial charge in [0.05, 0.1) is 11.1 Å². The number of benzene rings is 2. The van der Waals surface area contributed by atoms with Crippen LogP contribution in [0.4, 0.5) is 19.0 Å². The molecule has 0 radical (unpaired) electrons. The number of hydrogen-bond acceptors (Lipinski definition) is 3. The highest BCUT2D eigenvalue weighted by Gasteiger charge is 2.31. The monoisotopic (exact) mass is 435 g/mol. The van der Waals surface area contributed by atoms with Crippen molar-refractivity contribution < 1.29 is 13.2 Å². The Morgan fingerprint density at radius 1 is 1.11 bits per heavy atom. The van der Waals surface area contributed by atoms with E-state index in [2.05, 4.69) is 31.2 Å². The second-order valence-corrected chi connectivity index (χ2v) is 7.77. The van der Waals surface area contributed by atoms with Gasteiger partial charge in [-0.3, -0.25) is 0 Å². The molecule has 1 saturated carbocycles.